The van der Waals surface area contributed by atoms with Crippen molar-refractivity contribution >= 4 is 27.3 Å². The van der Waals surface area contributed by atoms with Crippen molar-refractivity contribution in [2.24, 2.45) is 0 Å². The van der Waals surface area contributed by atoms with Gasteiger partial charge < -0.3 is 19.1 Å². The van der Waals surface area contributed by atoms with Crippen LogP contribution in [-0.4, -0.2) is 83.1 Å². The monoisotopic (exact) mass is 518 g/mol. The Kier molecular flexibility index (Phi) is 8.65. The number of sulfonamides is 1. The summed E-state index contributed by atoms with van der Waals surface area (Å²) >= 11 is 0. The second-order valence-electron chi connectivity index (χ2n) is 8.88. The molecule has 0 spiro atoms. The average molecular weight is 519 g/mol. The molecule has 1 aromatic heterocycles. The van der Waals surface area contributed by atoms with Gasteiger partial charge in [-0.05, 0) is 36.6 Å². The van der Waals surface area contributed by atoms with Crippen LogP contribution in [0.15, 0.2) is 30.5 Å². The number of benzene rings is 1. The first kappa shape index (κ1) is 26.2. The molecule has 4 rings (SSSR count). The van der Waals surface area contributed by atoms with E-state index in [4.69, 9.17) is 14.2 Å². The number of carbonyl (C=O) groups excluding carboxylic acids is 1. The van der Waals surface area contributed by atoms with Gasteiger partial charge in [-0.25, -0.2) is 13.4 Å². The molecule has 10 nitrogen and oxygen atoms in total. The van der Waals surface area contributed by atoms with Crippen molar-refractivity contribution in [3.63, 3.8) is 0 Å². The molecular weight excluding hydrogens is 484 g/mol. The van der Waals surface area contributed by atoms with Gasteiger partial charge in [0.05, 0.1) is 31.8 Å². The van der Waals surface area contributed by atoms with Gasteiger partial charge in [0.1, 0.15) is 11.4 Å². The molecule has 2 aliphatic heterocycles. The Balaban J connectivity index is 1.55. The van der Waals surface area contributed by atoms with Gasteiger partial charge >= 0.3 is 0 Å². The third kappa shape index (κ3) is 6.45. The van der Waals surface area contributed by atoms with Gasteiger partial charge in [0.25, 0.3) is 5.91 Å². The van der Waals surface area contributed by atoms with E-state index in [0.717, 1.165) is 51.3 Å². The molecule has 1 fully saturated rings. The second kappa shape index (κ2) is 11.9. The lowest BCUT2D eigenvalue weighted by molar-refractivity contribution is -0.121. The Morgan fingerprint density at radius 2 is 1.92 bits per heavy atom. The van der Waals surface area contributed by atoms with Crippen LogP contribution in [0.1, 0.15) is 26.2 Å². The first-order chi connectivity index (χ1) is 17.4. The number of carbonyl (C=O) groups is 1. The van der Waals surface area contributed by atoms with Crippen LogP contribution in [0.2, 0.25) is 0 Å². The number of nitrogens with zero attached hydrogens (tertiary/aromatic N) is 3. The van der Waals surface area contributed by atoms with Crippen molar-refractivity contribution in [1.29, 1.82) is 0 Å². The highest BCUT2D eigenvalue weighted by molar-refractivity contribution is 7.92. The predicted octanol–water partition coefficient (Wildman–Crippen LogP) is 2.75. The average Bonchev–Trinajstić information content (AvgIpc) is 2.89. The summed E-state index contributed by atoms with van der Waals surface area (Å²) in [6, 6.07) is 7.30. The van der Waals surface area contributed by atoms with Crippen molar-refractivity contribution in [3.8, 4) is 22.8 Å². The first-order valence-electron chi connectivity index (χ1n) is 12.3. The fourth-order valence-electron chi connectivity index (χ4n) is 4.30. The molecule has 0 aliphatic carbocycles. The molecule has 1 aromatic carbocycles. The van der Waals surface area contributed by atoms with Crippen LogP contribution < -0.4 is 19.1 Å². The van der Waals surface area contributed by atoms with E-state index in [1.807, 2.05) is 25.1 Å². The highest BCUT2D eigenvalue weighted by atomic mass is 32.2. The van der Waals surface area contributed by atoms with Crippen LogP contribution >= 0.6 is 0 Å². The van der Waals surface area contributed by atoms with Gasteiger partial charge in [0.15, 0.2) is 6.61 Å². The van der Waals surface area contributed by atoms with Gasteiger partial charge in [-0.15, -0.1) is 0 Å². The number of hydrogen-bond donors (Lipinski definition) is 1. The normalized spacial score (nSPS) is 16.4. The summed E-state index contributed by atoms with van der Waals surface area (Å²) in [6.45, 7) is 6.74. The maximum absolute atomic E-state index is 12.7. The van der Waals surface area contributed by atoms with E-state index < -0.39 is 10.0 Å². The lowest BCUT2D eigenvalue weighted by Crippen LogP contribution is -2.42. The van der Waals surface area contributed by atoms with E-state index in [9.17, 15) is 13.2 Å². The van der Waals surface area contributed by atoms with E-state index in [1.165, 1.54) is 7.11 Å². The van der Waals surface area contributed by atoms with Crippen LogP contribution in [0.5, 0.6) is 11.6 Å². The standard InChI is InChI=1S/C25H34N4O6S/c1-3-4-14-36(31,32)27-21-15-20(17-26-25(21)33-2)19-6-7-23-22(16-19)29(24(30)18-35-23)9-5-8-28-10-12-34-13-11-28/h6-7,15-17,27H,3-5,8-14,18H2,1-2H3. The second-order valence-corrected chi connectivity index (χ2v) is 10.7. The number of nitrogens with one attached hydrogen (secondary N) is 1. The van der Waals surface area contributed by atoms with Crippen molar-refractivity contribution in [2.75, 3.05) is 68.5 Å². The van der Waals surface area contributed by atoms with Crippen LogP contribution in [-0.2, 0) is 19.6 Å². The number of rotatable bonds is 11. The van der Waals surface area contributed by atoms with Crippen LogP contribution in [0.25, 0.3) is 11.1 Å². The minimum Gasteiger partial charge on any atom is -0.482 e. The molecule has 1 amide bonds. The molecule has 0 saturated carbocycles. The molecular formula is C25H34N4O6S. The van der Waals surface area contributed by atoms with E-state index in [0.29, 0.717) is 30.0 Å². The topological polar surface area (TPSA) is 110 Å². The van der Waals surface area contributed by atoms with Gasteiger partial charge in [0, 0.05) is 37.9 Å². The molecule has 3 heterocycles. The van der Waals surface area contributed by atoms with Gasteiger partial charge in [-0.3, -0.25) is 14.4 Å². The summed E-state index contributed by atoms with van der Waals surface area (Å²) in [5.41, 5.74) is 2.46. The summed E-state index contributed by atoms with van der Waals surface area (Å²) in [6.07, 6.45) is 3.79. The van der Waals surface area contributed by atoms with Crippen LogP contribution in [0, 0.1) is 0 Å². The number of aromatic nitrogens is 1. The fourth-order valence-corrected chi connectivity index (χ4v) is 5.55. The molecule has 36 heavy (non-hydrogen) atoms. The number of pyridine rings is 1. The molecule has 2 aliphatic rings. The Bertz CT molecular complexity index is 1170. The summed E-state index contributed by atoms with van der Waals surface area (Å²) in [7, 11) is -2.09. The molecule has 1 N–H and O–H groups in total. The molecule has 0 radical (unpaired) electrons. The number of fused-ring (bicyclic) bond motifs is 1. The zero-order valence-corrected chi connectivity index (χ0v) is 21.7. The third-order valence-electron chi connectivity index (χ3n) is 6.27. The zero-order valence-electron chi connectivity index (χ0n) is 20.9. The largest absolute Gasteiger partial charge is 0.482 e. The van der Waals surface area contributed by atoms with Crippen molar-refractivity contribution in [1.82, 2.24) is 9.88 Å². The number of amides is 1. The highest BCUT2D eigenvalue weighted by Gasteiger charge is 2.26. The van der Waals surface area contributed by atoms with Gasteiger partial charge in [-0.1, -0.05) is 19.4 Å². The van der Waals surface area contributed by atoms with Crippen LogP contribution in [0.4, 0.5) is 11.4 Å². The molecule has 0 unspecified atom stereocenters. The molecule has 1 saturated heterocycles. The third-order valence-corrected chi connectivity index (χ3v) is 7.63. The summed E-state index contributed by atoms with van der Waals surface area (Å²) in [4.78, 5) is 21.2. The Morgan fingerprint density at radius 1 is 1.11 bits per heavy atom. The molecule has 2 aromatic rings. The van der Waals surface area contributed by atoms with E-state index in [1.54, 1.807) is 17.2 Å². The SMILES string of the molecule is CCCCS(=O)(=O)Nc1cc(-c2ccc3c(c2)N(CCCN2CCOCC2)C(=O)CO3)cnc1OC. The predicted molar refractivity (Wildman–Crippen MR) is 138 cm³/mol. The summed E-state index contributed by atoms with van der Waals surface area (Å²) < 4.78 is 44.0. The van der Waals surface area contributed by atoms with Crippen molar-refractivity contribution < 1.29 is 27.4 Å². The molecule has 0 atom stereocenters. The van der Waals surface area contributed by atoms with E-state index >= 15 is 0 Å². The number of morpholine rings is 1. The van der Waals surface area contributed by atoms with Crippen molar-refractivity contribution in [2.45, 2.75) is 26.2 Å². The lowest BCUT2D eigenvalue weighted by Gasteiger charge is -2.31. The Labute approximate surface area is 212 Å². The minimum absolute atomic E-state index is 0.0116. The fraction of sp³-hybridized carbons (Fsp3) is 0.520. The number of unbranched alkanes of at least 4 members (excludes halogenated alkanes) is 1. The van der Waals surface area contributed by atoms with Crippen LogP contribution in [0.3, 0.4) is 0 Å². The highest BCUT2D eigenvalue weighted by Crippen LogP contribution is 2.37. The number of methoxy groups -OCH3 is 1. The molecule has 0 bridgehead atoms. The molecule has 196 valence electrons. The minimum atomic E-state index is -3.53. The maximum Gasteiger partial charge on any atom is 0.265 e. The zero-order chi connectivity index (χ0) is 25.5. The summed E-state index contributed by atoms with van der Waals surface area (Å²) in [5.74, 6) is 0.778. The van der Waals surface area contributed by atoms with Crippen molar-refractivity contribution in [3.05, 3.63) is 30.5 Å². The first-order valence-corrected chi connectivity index (χ1v) is 14.0. The number of ether oxygens (including phenoxy) is 3. The van der Waals surface area contributed by atoms with E-state index in [-0.39, 0.29) is 29.8 Å². The smallest absolute Gasteiger partial charge is 0.265 e. The Morgan fingerprint density at radius 3 is 2.67 bits per heavy atom. The Hall–Kier alpha value is -2.89. The summed E-state index contributed by atoms with van der Waals surface area (Å²) in [5, 5.41) is 0. The quantitative estimate of drug-likeness (QED) is 0.484. The number of anilines is 2. The van der Waals surface area contributed by atoms with Gasteiger partial charge in [-0.2, -0.15) is 0 Å². The maximum atomic E-state index is 12.7. The lowest BCUT2D eigenvalue weighted by atomic mass is 10.0. The van der Waals surface area contributed by atoms with E-state index in [2.05, 4.69) is 14.6 Å². The molecule has 11 heteroatoms. The van der Waals surface area contributed by atoms with Gasteiger partial charge in [0.2, 0.25) is 15.9 Å². The number of hydrogen-bond acceptors (Lipinski definition) is 8.